The molecule has 0 aliphatic rings. The molecule has 0 bridgehead atoms. The second-order valence-corrected chi connectivity index (χ2v) is 4.78. The number of aliphatic carboxylic acids is 1. The number of rotatable bonds is 12. The zero-order chi connectivity index (χ0) is 16.3. The molecule has 0 saturated carbocycles. The van der Waals surface area contributed by atoms with Crippen molar-refractivity contribution in [3.8, 4) is 0 Å². The number of allylic oxidation sites excluding steroid dienone is 9. The maximum Gasteiger partial charge on any atom is 0.303 e. The van der Waals surface area contributed by atoms with Crippen LogP contribution in [-0.2, 0) is 4.79 Å². The molecule has 1 N–H and O–H groups in total. The molecule has 0 atom stereocenters. The second kappa shape index (κ2) is 17.0. The lowest BCUT2D eigenvalue weighted by Crippen LogP contribution is -1.92. The number of carboxylic acids is 1. The van der Waals surface area contributed by atoms with E-state index in [9.17, 15) is 4.79 Å². The predicted octanol–water partition coefficient (Wildman–Crippen LogP) is 5.76. The van der Waals surface area contributed by atoms with E-state index in [2.05, 4.69) is 49.1 Å². The van der Waals surface area contributed by atoms with E-state index in [1.54, 1.807) is 0 Å². The first-order valence-electron chi connectivity index (χ1n) is 8.00. The Morgan fingerprint density at radius 2 is 1.64 bits per heavy atom. The van der Waals surface area contributed by atoms with Crippen molar-refractivity contribution in [3.05, 3.63) is 66.5 Å². The lowest BCUT2D eigenvalue weighted by Gasteiger charge is -1.89. The molecular formula is C20H28O2. The summed E-state index contributed by atoms with van der Waals surface area (Å²) in [5.41, 5.74) is 3.12. The Hall–Kier alpha value is -2.05. The second-order valence-electron chi connectivity index (χ2n) is 4.78. The third kappa shape index (κ3) is 17.9. The van der Waals surface area contributed by atoms with Gasteiger partial charge in [0.25, 0.3) is 0 Å². The van der Waals surface area contributed by atoms with E-state index in [0.717, 1.165) is 32.1 Å². The van der Waals surface area contributed by atoms with Crippen molar-refractivity contribution in [1.82, 2.24) is 0 Å². The first-order valence-corrected chi connectivity index (χ1v) is 8.00. The summed E-state index contributed by atoms with van der Waals surface area (Å²) in [5.74, 6) is -0.722. The van der Waals surface area contributed by atoms with Crippen molar-refractivity contribution in [2.24, 2.45) is 0 Å². The molecule has 0 aliphatic carbocycles. The van der Waals surface area contributed by atoms with Crippen LogP contribution in [0.2, 0.25) is 0 Å². The minimum Gasteiger partial charge on any atom is -0.481 e. The maximum absolute atomic E-state index is 10.3. The van der Waals surface area contributed by atoms with E-state index < -0.39 is 5.97 Å². The van der Waals surface area contributed by atoms with Crippen LogP contribution in [0, 0.1) is 0 Å². The third-order valence-corrected chi connectivity index (χ3v) is 2.74. The summed E-state index contributed by atoms with van der Waals surface area (Å²) in [6.07, 6.45) is 26.3. The lowest BCUT2D eigenvalue weighted by atomic mass is 10.2. The van der Waals surface area contributed by atoms with Crippen LogP contribution in [0.3, 0.4) is 0 Å². The Labute approximate surface area is 134 Å². The van der Waals surface area contributed by atoms with Crippen LogP contribution >= 0.6 is 0 Å². The molecule has 22 heavy (non-hydrogen) atoms. The van der Waals surface area contributed by atoms with Gasteiger partial charge in [0.05, 0.1) is 0 Å². The topological polar surface area (TPSA) is 37.3 Å². The molecule has 0 saturated heterocycles. The van der Waals surface area contributed by atoms with Gasteiger partial charge in [-0.15, -0.1) is 5.73 Å². The quantitative estimate of drug-likeness (QED) is 0.215. The van der Waals surface area contributed by atoms with Gasteiger partial charge in [0, 0.05) is 6.42 Å². The first kappa shape index (κ1) is 19.9. The molecule has 2 nitrogen and oxygen atoms in total. The molecule has 0 radical (unpaired) electrons. The largest absolute Gasteiger partial charge is 0.481 e. The van der Waals surface area contributed by atoms with Gasteiger partial charge in [-0.3, -0.25) is 4.79 Å². The Morgan fingerprint density at radius 3 is 2.41 bits per heavy atom. The van der Waals surface area contributed by atoms with Gasteiger partial charge in [-0.05, 0) is 50.7 Å². The van der Waals surface area contributed by atoms with Gasteiger partial charge in [0.1, 0.15) is 0 Å². The fourth-order valence-corrected chi connectivity index (χ4v) is 1.60. The van der Waals surface area contributed by atoms with E-state index in [1.165, 1.54) is 0 Å². The highest BCUT2D eigenvalue weighted by Gasteiger charge is 1.92. The summed E-state index contributed by atoms with van der Waals surface area (Å²) < 4.78 is 0. The maximum atomic E-state index is 10.3. The number of hydrogen-bond donors (Lipinski definition) is 1. The smallest absolute Gasteiger partial charge is 0.303 e. The minimum atomic E-state index is -0.722. The van der Waals surface area contributed by atoms with Gasteiger partial charge in [-0.25, -0.2) is 0 Å². The summed E-state index contributed by atoms with van der Waals surface area (Å²) in [6, 6.07) is 0. The molecular weight excluding hydrogens is 272 g/mol. The average Bonchev–Trinajstić information content (AvgIpc) is 2.50. The first-order chi connectivity index (χ1) is 10.8. The Morgan fingerprint density at radius 1 is 0.955 bits per heavy atom. The van der Waals surface area contributed by atoms with Crippen molar-refractivity contribution >= 4 is 5.97 Å². The van der Waals surface area contributed by atoms with Crippen molar-refractivity contribution in [2.75, 3.05) is 0 Å². The highest BCUT2D eigenvalue weighted by molar-refractivity contribution is 5.66. The van der Waals surface area contributed by atoms with Crippen LogP contribution in [0.1, 0.15) is 51.9 Å². The van der Waals surface area contributed by atoms with Crippen LogP contribution in [-0.4, -0.2) is 11.1 Å². The normalized spacial score (nSPS) is 11.7. The van der Waals surface area contributed by atoms with E-state index in [1.807, 2.05) is 24.3 Å². The fraction of sp³-hybridized carbons (Fsp3) is 0.400. The van der Waals surface area contributed by atoms with Crippen LogP contribution in [0.25, 0.3) is 0 Å². The van der Waals surface area contributed by atoms with E-state index in [-0.39, 0.29) is 6.42 Å². The van der Waals surface area contributed by atoms with Gasteiger partial charge in [-0.1, -0.05) is 55.5 Å². The minimum absolute atomic E-state index is 0.251. The highest BCUT2D eigenvalue weighted by atomic mass is 16.4. The van der Waals surface area contributed by atoms with Crippen LogP contribution in [0.15, 0.2) is 66.5 Å². The Kier molecular flexibility index (Phi) is 15.4. The molecule has 120 valence electrons. The van der Waals surface area contributed by atoms with Gasteiger partial charge < -0.3 is 5.11 Å². The molecule has 0 aromatic heterocycles. The van der Waals surface area contributed by atoms with Gasteiger partial charge in [0.15, 0.2) is 0 Å². The molecule has 0 rings (SSSR count). The average molecular weight is 300 g/mol. The van der Waals surface area contributed by atoms with Crippen molar-refractivity contribution < 1.29 is 9.90 Å². The SMILES string of the molecule is CC/C=C/C/C=C/C=C=CC/C=C/C/C=C/CCCC(=O)O. The molecule has 0 aromatic rings. The van der Waals surface area contributed by atoms with Gasteiger partial charge in [0.2, 0.25) is 0 Å². The molecule has 2 heteroatoms. The monoisotopic (exact) mass is 300 g/mol. The molecule has 0 amide bonds. The van der Waals surface area contributed by atoms with Crippen LogP contribution in [0.4, 0.5) is 0 Å². The molecule has 0 heterocycles. The van der Waals surface area contributed by atoms with Crippen LogP contribution < -0.4 is 0 Å². The summed E-state index contributed by atoms with van der Waals surface area (Å²) >= 11 is 0. The Bertz CT molecular complexity index is 444. The van der Waals surface area contributed by atoms with Crippen molar-refractivity contribution in [1.29, 1.82) is 0 Å². The third-order valence-electron chi connectivity index (χ3n) is 2.74. The molecule has 0 aliphatic heterocycles. The Balaban J connectivity index is 3.60. The molecule has 0 fully saturated rings. The number of carbonyl (C=O) groups is 1. The van der Waals surface area contributed by atoms with Crippen molar-refractivity contribution in [2.45, 2.75) is 51.9 Å². The van der Waals surface area contributed by atoms with Gasteiger partial charge in [-0.2, -0.15) is 0 Å². The number of unbranched alkanes of at least 4 members (excludes halogenated alkanes) is 1. The molecule has 0 unspecified atom stereocenters. The predicted molar refractivity (Wildman–Crippen MR) is 94.8 cm³/mol. The van der Waals surface area contributed by atoms with E-state index in [4.69, 9.17) is 5.11 Å². The zero-order valence-electron chi connectivity index (χ0n) is 13.6. The molecule has 0 spiro atoms. The number of carboxylic acid groups (broad SMARTS) is 1. The number of hydrogen-bond acceptors (Lipinski definition) is 1. The summed E-state index contributed by atoms with van der Waals surface area (Å²) in [7, 11) is 0. The van der Waals surface area contributed by atoms with Crippen LogP contribution in [0.5, 0.6) is 0 Å². The summed E-state index contributed by atoms with van der Waals surface area (Å²) in [6.45, 7) is 2.13. The molecule has 0 aromatic carbocycles. The van der Waals surface area contributed by atoms with Gasteiger partial charge >= 0.3 is 5.97 Å². The summed E-state index contributed by atoms with van der Waals surface area (Å²) in [5, 5.41) is 8.48. The fourth-order valence-electron chi connectivity index (χ4n) is 1.60. The van der Waals surface area contributed by atoms with Crippen molar-refractivity contribution in [3.63, 3.8) is 0 Å². The van der Waals surface area contributed by atoms with E-state index in [0.29, 0.717) is 6.42 Å². The lowest BCUT2D eigenvalue weighted by molar-refractivity contribution is -0.137. The standard InChI is InChI=1S/C20H28O2/c1-2-3-4-5-6-7-8-9-10-11-12-13-14-15-16-17-18-19-20(21)22/h3-4,6-8,10,12-13,15-16H,2,5,11,14,17-19H2,1H3,(H,21,22)/b4-3+,7-6+,13-12+,16-15+. The summed E-state index contributed by atoms with van der Waals surface area (Å²) in [4.78, 5) is 10.3. The van der Waals surface area contributed by atoms with E-state index >= 15 is 0 Å². The highest BCUT2D eigenvalue weighted by Crippen LogP contribution is 1.98. The zero-order valence-corrected chi connectivity index (χ0v) is 13.6.